The van der Waals surface area contributed by atoms with Gasteiger partial charge >= 0.3 is 0 Å². The predicted octanol–water partition coefficient (Wildman–Crippen LogP) is 3.01. The molecular formula is C12H18BrNO2S. The van der Waals surface area contributed by atoms with Crippen molar-refractivity contribution < 1.29 is 8.42 Å². The van der Waals surface area contributed by atoms with Crippen molar-refractivity contribution in [3.8, 4) is 0 Å². The van der Waals surface area contributed by atoms with Gasteiger partial charge in [0.1, 0.15) is 0 Å². The van der Waals surface area contributed by atoms with Crippen LogP contribution in [0.5, 0.6) is 0 Å². The van der Waals surface area contributed by atoms with Crippen LogP contribution in [0.1, 0.15) is 26.3 Å². The van der Waals surface area contributed by atoms with E-state index in [0.717, 1.165) is 10.0 Å². The Balaban J connectivity index is 2.87. The summed E-state index contributed by atoms with van der Waals surface area (Å²) in [6.45, 7) is 5.52. The third kappa shape index (κ3) is 3.53. The lowest BCUT2D eigenvalue weighted by molar-refractivity contribution is 0.442. The van der Waals surface area contributed by atoms with E-state index in [1.165, 1.54) is 4.31 Å². The molecule has 0 aliphatic rings. The molecule has 0 fully saturated rings. The maximum atomic E-state index is 12.1. The van der Waals surface area contributed by atoms with Gasteiger partial charge in [-0.15, -0.1) is 0 Å². The van der Waals surface area contributed by atoms with Crippen molar-refractivity contribution in [1.29, 1.82) is 0 Å². The van der Waals surface area contributed by atoms with Gasteiger partial charge in [-0.05, 0) is 38.5 Å². The molecule has 0 amide bonds. The van der Waals surface area contributed by atoms with Crippen molar-refractivity contribution >= 4 is 26.0 Å². The summed E-state index contributed by atoms with van der Waals surface area (Å²) in [5, 5.41) is 0. The monoisotopic (exact) mass is 319 g/mol. The number of rotatable bonds is 3. The molecule has 17 heavy (non-hydrogen) atoms. The zero-order chi connectivity index (χ0) is 13.3. The summed E-state index contributed by atoms with van der Waals surface area (Å²) < 4.78 is 25.9. The number of nitrogens with zero attached hydrogens (tertiary/aromatic N) is 1. The lowest BCUT2D eigenvalue weighted by Gasteiger charge is -2.26. The first-order valence-electron chi connectivity index (χ1n) is 5.35. The number of hydrogen-bond donors (Lipinski definition) is 0. The van der Waals surface area contributed by atoms with Crippen molar-refractivity contribution in [2.75, 3.05) is 7.05 Å². The molecule has 0 saturated heterocycles. The van der Waals surface area contributed by atoms with Crippen molar-refractivity contribution in [2.45, 2.75) is 32.1 Å². The Kier molecular flexibility index (Phi) is 4.38. The highest BCUT2D eigenvalue weighted by Gasteiger charge is 2.32. The largest absolute Gasteiger partial charge is 0.219 e. The lowest BCUT2D eigenvalue weighted by Crippen LogP contribution is -2.40. The minimum absolute atomic E-state index is 0.396. The second-order valence-corrected chi connectivity index (χ2v) is 8.71. The van der Waals surface area contributed by atoms with Crippen LogP contribution in [0.15, 0.2) is 28.7 Å². The van der Waals surface area contributed by atoms with Crippen molar-refractivity contribution in [3.05, 3.63) is 34.3 Å². The van der Waals surface area contributed by atoms with Gasteiger partial charge in [-0.1, -0.05) is 28.1 Å². The lowest BCUT2D eigenvalue weighted by atomic mass is 10.2. The van der Waals surface area contributed by atoms with Gasteiger partial charge in [0.25, 0.3) is 0 Å². The highest BCUT2D eigenvalue weighted by Crippen LogP contribution is 2.21. The van der Waals surface area contributed by atoms with Gasteiger partial charge in [-0.2, -0.15) is 0 Å². The first-order valence-corrected chi connectivity index (χ1v) is 7.58. The summed E-state index contributed by atoms with van der Waals surface area (Å²) in [6, 6.07) is 7.65. The van der Waals surface area contributed by atoms with E-state index >= 15 is 0 Å². The molecule has 0 heterocycles. The molecule has 96 valence electrons. The maximum Gasteiger partial charge on any atom is 0.219 e. The molecule has 0 N–H and O–H groups in total. The molecule has 0 aromatic heterocycles. The van der Waals surface area contributed by atoms with E-state index < -0.39 is 14.8 Å². The molecule has 0 radical (unpaired) electrons. The van der Waals surface area contributed by atoms with Gasteiger partial charge in [-0.25, -0.2) is 12.7 Å². The van der Waals surface area contributed by atoms with Gasteiger partial charge < -0.3 is 0 Å². The molecule has 0 unspecified atom stereocenters. The van der Waals surface area contributed by atoms with Gasteiger partial charge in [0, 0.05) is 18.1 Å². The van der Waals surface area contributed by atoms with Crippen molar-refractivity contribution in [2.24, 2.45) is 0 Å². The van der Waals surface area contributed by atoms with E-state index in [1.807, 2.05) is 24.3 Å². The Labute approximate surface area is 112 Å². The second-order valence-electron chi connectivity index (χ2n) is 5.00. The summed E-state index contributed by atoms with van der Waals surface area (Å²) in [7, 11) is -1.65. The normalized spacial score (nSPS) is 13.1. The van der Waals surface area contributed by atoms with Crippen LogP contribution in [0.4, 0.5) is 0 Å². The van der Waals surface area contributed by atoms with Crippen LogP contribution >= 0.6 is 15.9 Å². The third-order valence-corrected chi connectivity index (χ3v) is 5.53. The van der Waals surface area contributed by atoms with Gasteiger partial charge in [0.2, 0.25) is 10.0 Å². The van der Waals surface area contributed by atoms with Gasteiger partial charge in [0.15, 0.2) is 0 Å². The molecule has 0 bridgehead atoms. The van der Waals surface area contributed by atoms with E-state index in [0.29, 0.717) is 6.54 Å². The van der Waals surface area contributed by atoms with E-state index in [9.17, 15) is 8.42 Å². The first-order chi connectivity index (χ1) is 7.64. The molecule has 0 aliphatic heterocycles. The highest BCUT2D eigenvalue weighted by atomic mass is 79.9. The third-order valence-electron chi connectivity index (χ3n) is 2.50. The minimum Gasteiger partial charge on any atom is -0.212 e. The summed E-state index contributed by atoms with van der Waals surface area (Å²) in [6.07, 6.45) is 0. The molecule has 3 nitrogen and oxygen atoms in total. The molecule has 0 atom stereocenters. The Morgan fingerprint density at radius 2 is 1.65 bits per heavy atom. The molecule has 0 aliphatic carbocycles. The van der Waals surface area contributed by atoms with Gasteiger partial charge in [0.05, 0.1) is 4.75 Å². The van der Waals surface area contributed by atoms with Gasteiger partial charge in [-0.3, -0.25) is 0 Å². The molecule has 1 rings (SSSR count). The Hall–Kier alpha value is -0.390. The molecule has 0 spiro atoms. The van der Waals surface area contributed by atoms with Crippen LogP contribution in [0.2, 0.25) is 0 Å². The number of hydrogen-bond acceptors (Lipinski definition) is 2. The van der Waals surface area contributed by atoms with Crippen molar-refractivity contribution in [3.63, 3.8) is 0 Å². The Morgan fingerprint density at radius 3 is 2.06 bits per heavy atom. The Bertz CT molecular complexity index is 474. The molecule has 1 aromatic rings. The van der Waals surface area contributed by atoms with Crippen LogP contribution in [0.25, 0.3) is 0 Å². The SMILES string of the molecule is CN(Cc1ccc(Br)cc1)S(=O)(=O)C(C)(C)C. The van der Waals surface area contributed by atoms with Crippen LogP contribution < -0.4 is 0 Å². The predicted molar refractivity (Wildman–Crippen MR) is 74.3 cm³/mol. The molecule has 5 heteroatoms. The summed E-state index contributed by atoms with van der Waals surface area (Å²) in [4.78, 5) is 0. The fourth-order valence-corrected chi connectivity index (χ4v) is 2.92. The maximum absolute atomic E-state index is 12.1. The minimum atomic E-state index is -3.26. The summed E-state index contributed by atoms with van der Waals surface area (Å²) in [5.74, 6) is 0. The summed E-state index contributed by atoms with van der Waals surface area (Å²) in [5.41, 5.74) is 0.975. The standard InChI is InChI=1S/C12H18BrNO2S/c1-12(2,3)17(15,16)14(4)9-10-5-7-11(13)8-6-10/h5-8H,9H2,1-4H3. The number of benzene rings is 1. The molecule has 0 saturated carbocycles. The fraction of sp³-hybridized carbons (Fsp3) is 0.500. The molecule has 1 aromatic carbocycles. The quantitative estimate of drug-likeness (QED) is 0.858. The highest BCUT2D eigenvalue weighted by molar-refractivity contribution is 9.10. The van der Waals surface area contributed by atoms with Crippen LogP contribution in [-0.2, 0) is 16.6 Å². The average molecular weight is 320 g/mol. The van der Waals surface area contributed by atoms with E-state index in [2.05, 4.69) is 15.9 Å². The van der Waals surface area contributed by atoms with E-state index in [-0.39, 0.29) is 0 Å². The second kappa shape index (κ2) is 5.08. The fourth-order valence-electron chi connectivity index (χ4n) is 1.40. The molecular weight excluding hydrogens is 302 g/mol. The summed E-state index contributed by atoms with van der Waals surface area (Å²) >= 11 is 3.35. The average Bonchev–Trinajstić information content (AvgIpc) is 2.19. The zero-order valence-corrected chi connectivity index (χ0v) is 13.0. The van der Waals surface area contributed by atoms with E-state index in [4.69, 9.17) is 0 Å². The topological polar surface area (TPSA) is 37.4 Å². The smallest absolute Gasteiger partial charge is 0.212 e. The van der Waals surface area contributed by atoms with Crippen LogP contribution in [0, 0.1) is 0 Å². The van der Waals surface area contributed by atoms with E-state index in [1.54, 1.807) is 27.8 Å². The van der Waals surface area contributed by atoms with Crippen LogP contribution in [-0.4, -0.2) is 24.5 Å². The van der Waals surface area contributed by atoms with Crippen molar-refractivity contribution in [1.82, 2.24) is 4.31 Å². The number of halogens is 1. The van der Waals surface area contributed by atoms with Crippen LogP contribution in [0.3, 0.4) is 0 Å². The number of sulfonamides is 1. The Morgan fingerprint density at radius 1 is 1.18 bits per heavy atom. The first kappa shape index (κ1) is 14.7. The zero-order valence-electron chi connectivity index (χ0n) is 10.6.